The first-order valence-corrected chi connectivity index (χ1v) is 9.58. The second-order valence-corrected chi connectivity index (χ2v) is 7.17. The molecule has 6 nitrogen and oxygen atoms in total. The smallest absolute Gasteiger partial charge is 0.237 e. The van der Waals surface area contributed by atoms with E-state index in [4.69, 9.17) is 0 Å². The number of carbonyl (C=O) groups is 1. The van der Waals surface area contributed by atoms with Crippen LogP contribution < -0.4 is 4.90 Å². The number of tetrazole rings is 1. The molecule has 132 valence electrons. The molecule has 7 heteroatoms. The van der Waals surface area contributed by atoms with Crippen LogP contribution in [0.2, 0.25) is 0 Å². The third-order valence-electron chi connectivity index (χ3n) is 4.52. The molecule has 0 unspecified atom stereocenters. The van der Waals surface area contributed by atoms with E-state index in [1.807, 2.05) is 54.3 Å². The van der Waals surface area contributed by atoms with Gasteiger partial charge in [0.15, 0.2) is 0 Å². The fourth-order valence-electron chi connectivity index (χ4n) is 3.22. The Labute approximate surface area is 156 Å². The zero-order valence-corrected chi connectivity index (χ0v) is 15.3. The van der Waals surface area contributed by atoms with Gasteiger partial charge in [0.2, 0.25) is 11.1 Å². The predicted octanol–water partition coefficient (Wildman–Crippen LogP) is 3.04. The quantitative estimate of drug-likeness (QED) is 0.665. The molecule has 4 rings (SSSR count). The number of carbonyl (C=O) groups excluding carboxylic acids is 1. The number of aromatic nitrogens is 4. The molecule has 0 atom stereocenters. The molecule has 2 aromatic carbocycles. The van der Waals surface area contributed by atoms with Crippen LogP contribution in [0.5, 0.6) is 0 Å². The number of benzene rings is 2. The number of aryl methyl sites for hydroxylation is 2. The number of thioether (sulfide) groups is 1. The number of hydrogen-bond acceptors (Lipinski definition) is 5. The standard InChI is InChI=1S/C19H19N5OS/c1-14-7-2-4-10-16(14)24-19(20-21-22-24)26-13-18(25)23-12-6-9-15-8-3-5-11-17(15)23/h2-5,7-8,10-11H,6,9,12-13H2,1H3. The van der Waals surface area contributed by atoms with Gasteiger partial charge in [0.05, 0.1) is 11.4 Å². The molecule has 2 heterocycles. The summed E-state index contributed by atoms with van der Waals surface area (Å²) in [5.74, 6) is 0.391. The van der Waals surface area contributed by atoms with E-state index < -0.39 is 0 Å². The number of rotatable bonds is 4. The van der Waals surface area contributed by atoms with Crippen molar-refractivity contribution in [2.24, 2.45) is 0 Å². The maximum atomic E-state index is 12.8. The Hall–Kier alpha value is -2.67. The van der Waals surface area contributed by atoms with Crippen molar-refractivity contribution in [2.75, 3.05) is 17.2 Å². The van der Waals surface area contributed by atoms with Gasteiger partial charge >= 0.3 is 0 Å². The van der Waals surface area contributed by atoms with E-state index >= 15 is 0 Å². The first-order valence-electron chi connectivity index (χ1n) is 8.59. The minimum absolute atomic E-state index is 0.0847. The number of amides is 1. The van der Waals surface area contributed by atoms with Gasteiger partial charge in [-0.1, -0.05) is 48.2 Å². The fourth-order valence-corrected chi connectivity index (χ4v) is 3.98. The zero-order chi connectivity index (χ0) is 17.9. The van der Waals surface area contributed by atoms with Crippen molar-refractivity contribution in [1.82, 2.24) is 20.2 Å². The van der Waals surface area contributed by atoms with Gasteiger partial charge < -0.3 is 4.90 Å². The summed E-state index contributed by atoms with van der Waals surface area (Å²) in [7, 11) is 0. The summed E-state index contributed by atoms with van der Waals surface area (Å²) >= 11 is 1.37. The van der Waals surface area contributed by atoms with E-state index in [-0.39, 0.29) is 5.91 Å². The lowest BCUT2D eigenvalue weighted by Gasteiger charge is -2.29. The van der Waals surface area contributed by atoms with Gasteiger partial charge in [-0.15, -0.1) is 5.10 Å². The lowest BCUT2D eigenvalue weighted by molar-refractivity contribution is -0.116. The predicted molar refractivity (Wildman–Crippen MR) is 102 cm³/mol. The number of para-hydroxylation sites is 2. The van der Waals surface area contributed by atoms with E-state index in [0.717, 1.165) is 36.3 Å². The van der Waals surface area contributed by atoms with Crippen LogP contribution in [-0.2, 0) is 11.2 Å². The van der Waals surface area contributed by atoms with Crippen molar-refractivity contribution in [3.8, 4) is 5.69 Å². The van der Waals surface area contributed by atoms with Gasteiger partial charge in [0, 0.05) is 12.2 Å². The summed E-state index contributed by atoms with van der Waals surface area (Å²) in [5, 5.41) is 12.6. The van der Waals surface area contributed by atoms with E-state index in [1.165, 1.54) is 17.3 Å². The van der Waals surface area contributed by atoms with E-state index in [1.54, 1.807) is 4.68 Å². The molecule has 0 N–H and O–H groups in total. The molecule has 26 heavy (non-hydrogen) atoms. The molecule has 0 saturated heterocycles. The third-order valence-corrected chi connectivity index (χ3v) is 5.42. The number of nitrogens with zero attached hydrogens (tertiary/aromatic N) is 5. The molecule has 1 aliphatic rings. The summed E-state index contributed by atoms with van der Waals surface area (Å²) in [6.45, 7) is 2.78. The van der Waals surface area contributed by atoms with E-state index in [9.17, 15) is 4.79 Å². The van der Waals surface area contributed by atoms with Gasteiger partial charge in [-0.05, 0) is 53.5 Å². The Bertz CT molecular complexity index is 939. The van der Waals surface area contributed by atoms with Crippen LogP contribution in [0.1, 0.15) is 17.5 Å². The summed E-state index contributed by atoms with van der Waals surface area (Å²) < 4.78 is 1.69. The highest BCUT2D eigenvalue weighted by molar-refractivity contribution is 7.99. The minimum Gasteiger partial charge on any atom is -0.311 e. The molecular formula is C19H19N5OS. The van der Waals surface area contributed by atoms with Crippen LogP contribution in [0.25, 0.3) is 5.69 Å². The Morgan fingerprint density at radius 1 is 1.12 bits per heavy atom. The van der Waals surface area contributed by atoms with Crippen molar-refractivity contribution in [1.29, 1.82) is 0 Å². The maximum Gasteiger partial charge on any atom is 0.237 e. The summed E-state index contributed by atoms with van der Waals surface area (Å²) in [6.07, 6.45) is 2.02. The summed E-state index contributed by atoms with van der Waals surface area (Å²) in [4.78, 5) is 14.7. The second-order valence-electron chi connectivity index (χ2n) is 6.23. The van der Waals surface area contributed by atoms with Crippen LogP contribution in [-0.4, -0.2) is 38.4 Å². The molecule has 0 saturated carbocycles. The number of hydrogen-bond donors (Lipinski definition) is 0. The normalized spacial score (nSPS) is 13.5. The fraction of sp³-hybridized carbons (Fsp3) is 0.263. The molecule has 0 spiro atoms. The van der Waals surface area contributed by atoms with Crippen molar-refractivity contribution >= 4 is 23.4 Å². The highest BCUT2D eigenvalue weighted by atomic mass is 32.2. The Kier molecular flexibility index (Phi) is 4.71. The molecule has 1 amide bonds. The largest absolute Gasteiger partial charge is 0.311 e. The minimum atomic E-state index is 0.0847. The third kappa shape index (κ3) is 3.22. The van der Waals surface area contributed by atoms with Crippen molar-refractivity contribution in [3.05, 3.63) is 59.7 Å². The van der Waals surface area contributed by atoms with Gasteiger partial charge in [-0.3, -0.25) is 4.79 Å². The van der Waals surface area contributed by atoms with Crippen LogP contribution >= 0.6 is 11.8 Å². The second kappa shape index (κ2) is 7.29. The lowest BCUT2D eigenvalue weighted by Crippen LogP contribution is -2.36. The number of fused-ring (bicyclic) bond motifs is 1. The van der Waals surface area contributed by atoms with Gasteiger partial charge in [-0.2, -0.15) is 4.68 Å². The average Bonchev–Trinajstić information content (AvgIpc) is 3.14. The molecule has 3 aromatic rings. The Balaban J connectivity index is 1.50. The molecule has 0 bridgehead atoms. The van der Waals surface area contributed by atoms with Gasteiger partial charge in [0.1, 0.15) is 0 Å². The summed E-state index contributed by atoms with van der Waals surface area (Å²) in [5.41, 5.74) is 4.28. The van der Waals surface area contributed by atoms with Crippen molar-refractivity contribution in [2.45, 2.75) is 24.9 Å². The first kappa shape index (κ1) is 16.8. The average molecular weight is 365 g/mol. The first-order chi connectivity index (χ1) is 12.7. The zero-order valence-electron chi connectivity index (χ0n) is 14.5. The number of anilines is 1. The monoisotopic (exact) mass is 365 g/mol. The molecule has 0 fully saturated rings. The molecule has 0 radical (unpaired) electrons. The molecule has 1 aromatic heterocycles. The maximum absolute atomic E-state index is 12.8. The molecule has 1 aliphatic heterocycles. The topological polar surface area (TPSA) is 63.9 Å². The van der Waals surface area contributed by atoms with Crippen LogP contribution in [0.4, 0.5) is 5.69 Å². The van der Waals surface area contributed by atoms with Gasteiger partial charge in [0.25, 0.3) is 0 Å². The van der Waals surface area contributed by atoms with E-state index in [0.29, 0.717) is 10.9 Å². The van der Waals surface area contributed by atoms with Crippen LogP contribution in [0.15, 0.2) is 53.7 Å². The lowest BCUT2D eigenvalue weighted by atomic mass is 10.0. The molecule has 0 aliphatic carbocycles. The van der Waals surface area contributed by atoms with Crippen LogP contribution in [0, 0.1) is 6.92 Å². The van der Waals surface area contributed by atoms with Crippen LogP contribution in [0.3, 0.4) is 0 Å². The highest BCUT2D eigenvalue weighted by Gasteiger charge is 2.23. The highest BCUT2D eigenvalue weighted by Crippen LogP contribution is 2.28. The summed E-state index contributed by atoms with van der Waals surface area (Å²) in [6, 6.07) is 16.0. The van der Waals surface area contributed by atoms with E-state index in [2.05, 4.69) is 21.6 Å². The Morgan fingerprint density at radius 2 is 1.88 bits per heavy atom. The molecular weight excluding hydrogens is 346 g/mol. The van der Waals surface area contributed by atoms with Crippen molar-refractivity contribution < 1.29 is 4.79 Å². The SMILES string of the molecule is Cc1ccccc1-n1nnnc1SCC(=O)N1CCCc2ccccc21. The Morgan fingerprint density at radius 3 is 2.73 bits per heavy atom. The van der Waals surface area contributed by atoms with Gasteiger partial charge in [-0.25, -0.2) is 0 Å². The van der Waals surface area contributed by atoms with Crippen molar-refractivity contribution in [3.63, 3.8) is 0 Å².